The molecule has 3 aromatic rings. The number of halogens is 4. The van der Waals surface area contributed by atoms with Crippen molar-refractivity contribution in [1.29, 1.82) is 0 Å². The molecule has 0 fully saturated rings. The summed E-state index contributed by atoms with van der Waals surface area (Å²) in [6.07, 6.45) is 1.52. The van der Waals surface area contributed by atoms with Crippen molar-refractivity contribution in [3.05, 3.63) is 91.3 Å². The van der Waals surface area contributed by atoms with Gasteiger partial charge in [-0.25, -0.2) is 5.43 Å². The predicted molar refractivity (Wildman–Crippen MR) is 133 cm³/mol. The quantitative estimate of drug-likeness (QED) is 0.180. The van der Waals surface area contributed by atoms with Gasteiger partial charge in [0, 0.05) is 14.9 Å². The van der Waals surface area contributed by atoms with Gasteiger partial charge in [0.1, 0.15) is 6.61 Å². The fraction of sp³-hybridized carbons (Fsp3) is 0.0909. The molecule has 0 unspecified atom stereocenters. The van der Waals surface area contributed by atoms with Crippen molar-refractivity contribution in [2.75, 3.05) is 5.75 Å². The Labute approximate surface area is 208 Å². The van der Waals surface area contributed by atoms with E-state index >= 15 is 0 Å². The Morgan fingerprint density at radius 2 is 1.68 bits per heavy atom. The van der Waals surface area contributed by atoms with Crippen molar-refractivity contribution < 1.29 is 9.53 Å². The first-order valence-corrected chi connectivity index (χ1v) is 11.9. The Morgan fingerprint density at radius 1 is 1.03 bits per heavy atom. The van der Waals surface area contributed by atoms with Gasteiger partial charge in [0.2, 0.25) is 5.91 Å². The standard InChI is InChI=1S/C22H16BrCl3N2O2S/c23-19-9-15(10-20(26)22(19)30-12-14-1-3-16(24)4-2-14)11-27-28-21(29)13-31-18-7-5-17(25)6-8-18/h1-11H,12-13H2,(H,28,29)/b27-11-. The Morgan fingerprint density at radius 3 is 2.32 bits per heavy atom. The number of hydrogen-bond acceptors (Lipinski definition) is 4. The van der Waals surface area contributed by atoms with Gasteiger partial charge in [0.05, 0.1) is 21.5 Å². The first-order valence-electron chi connectivity index (χ1n) is 8.97. The normalized spacial score (nSPS) is 11.0. The highest BCUT2D eigenvalue weighted by Gasteiger charge is 2.10. The van der Waals surface area contributed by atoms with E-state index < -0.39 is 0 Å². The monoisotopic (exact) mass is 556 g/mol. The van der Waals surface area contributed by atoms with Crippen LogP contribution < -0.4 is 10.2 Å². The molecule has 0 heterocycles. The Kier molecular flexibility index (Phi) is 9.11. The van der Waals surface area contributed by atoms with E-state index in [4.69, 9.17) is 39.5 Å². The topological polar surface area (TPSA) is 50.7 Å². The number of nitrogens with one attached hydrogen (secondary N) is 1. The summed E-state index contributed by atoms with van der Waals surface area (Å²) in [4.78, 5) is 12.9. The Balaban J connectivity index is 1.52. The third-order valence-electron chi connectivity index (χ3n) is 3.90. The summed E-state index contributed by atoms with van der Waals surface area (Å²) in [5.74, 6) is 0.544. The van der Waals surface area contributed by atoms with Crippen LogP contribution in [0.5, 0.6) is 5.75 Å². The van der Waals surface area contributed by atoms with E-state index in [0.29, 0.717) is 37.5 Å². The van der Waals surface area contributed by atoms with Crippen LogP contribution in [0.25, 0.3) is 0 Å². The van der Waals surface area contributed by atoms with Crippen molar-refractivity contribution in [2.24, 2.45) is 5.10 Å². The molecule has 160 valence electrons. The Bertz CT molecular complexity index is 1050. The van der Waals surface area contributed by atoms with E-state index in [2.05, 4.69) is 26.5 Å². The molecule has 0 bridgehead atoms. The predicted octanol–water partition coefficient (Wildman–Crippen LogP) is 7.23. The number of hydrogen-bond donors (Lipinski definition) is 1. The maximum absolute atomic E-state index is 12.0. The number of thioether (sulfide) groups is 1. The van der Waals surface area contributed by atoms with Crippen LogP contribution >= 0.6 is 62.5 Å². The first kappa shape index (κ1) is 24.0. The molecule has 3 aromatic carbocycles. The summed E-state index contributed by atoms with van der Waals surface area (Å²) >= 11 is 23.0. The highest BCUT2D eigenvalue weighted by molar-refractivity contribution is 9.10. The average Bonchev–Trinajstić information content (AvgIpc) is 2.74. The van der Waals surface area contributed by atoms with Crippen LogP contribution in [0.15, 0.2) is 75.1 Å². The molecule has 1 N–H and O–H groups in total. The van der Waals surface area contributed by atoms with Gasteiger partial charge in [-0.15, -0.1) is 11.8 Å². The van der Waals surface area contributed by atoms with E-state index in [1.165, 1.54) is 18.0 Å². The molecule has 0 atom stereocenters. The number of hydrazone groups is 1. The molecule has 3 rings (SSSR count). The van der Waals surface area contributed by atoms with Crippen molar-refractivity contribution in [2.45, 2.75) is 11.5 Å². The summed E-state index contributed by atoms with van der Waals surface area (Å²) in [5, 5.41) is 5.74. The Hall–Kier alpha value is -1.70. The zero-order valence-corrected chi connectivity index (χ0v) is 20.6. The van der Waals surface area contributed by atoms with Gasteiger partial charge in [-0.3, -0.25) is 4.79 Å². The second-order valence-corrected chi connectivity index (χ2v) is 9.45. The SMILES string of the molecule is O=C(CSc1ccc(Cl)cc1)N/N=C\c1cc(Cl)c(OCc2ccc(Cl)cc2)c(Br)c1. The minimum atomic E-state index is -0.218. The van der Waals surface area contributed by atoms with Crippen molar-refractivity contribution in [3.63, 3.8) is 0 Å². The van der Waals surface area contributed by atoms with E-state index in [1.807, 2.05) is 24.3 Å². The molecule has 0 aromatic heterocycles. The first-order chi connectivity index (χ1) is 14.9. The van der Waals surface area contributed by atoms with E-state index in [1.54, 1.807) is 36.4 Å². The van der Waals surface area contributed by atoms with Crippen LogP contribution in [0.1, 0.15) is 11.1 Å². The largest absolute Gasteiger partial charge is 0.486 e. The van der Waals surface area contributed by atoms with Gasteiger partial charge >= 0.3 is 0 Å². The lowest BCUT2D eigenvalue weighted by Crippen LogP contribution is -2.19. The molecule has 4 nitrogen and oxygen atoms in total. The fourth-order valence-electron chi connectivity index (χ4n) is 2.42. The highest BCUT2D eigenvalue weighted by Crippen LogP contribution is 2.34. The van der Waals surface area contributed by atoms with E-state index in [9.17, 15) is 4.79 Å². The van der Waals surface area contributed by atoms with Crippen molar-refractivity contribution >= 4 is 74.6 Å². The number of benzene rings is 3. The molecule has 0 saturated heterocycles. The van der Waals surface area contributed by atoms with Crippen LogP contribution in [0, 0.1) is 0 Å². The van der Waals surface area contributed by atoms with Crippen LogP contribution in [-0.4, -0.2) is 17.9 Å². The lowest BCUT2D eigenvalue weighted by molar-refractivity contribution is -0.118. The fourth-order valence-corrected chi connectivity index (χ4v) is 4.35. The van der Waals surface area contributed by atoms with Crippen LogP contribution in [0.2, 0.25) is 15.1 Å². The second-order valence-electron chi connectivity index (χ2n) is 6.26. The molecule has 0 aliphatic rings. The lowest BCUT2D eigenvalue weighted by Gasteiger charge is -2.11. The maximum atomic E-state index is 12.0. The number of rotatable bonds is 8. The summed E-state index contributed by atoms with van der Waals surface area (Å²) in [7, 11) is 0. The molecule has 9 heteroatoms. The summed E-state index contributed by atoms with van der Waals surface area (Å²) in [6.45, 7) is 0.351. The summed E-state index contributed by atoms with van der Waals surface area (Å²) in [5.41, 5.74) is 4.18. The van der Waals surface area contributed by atoms with Gasteiger partial charge < -0.3 is 4.74 Å². The maximum Gasteiger partial charge on any atom is 0.250 e. The molecular formula is C22H16BrCl3N2O2S. The number of amides is 1. The molecule has 0 spiro atoms. The second kappa shape index (κ2) is 11.8. The molecule has 0 aliphatic carbocycles. The van der Waals surface area contributed by atoms with E-state index in [0.717, 1.165) is 10.5 Å². The van der Waals surface area contributed by atoms with Gasteiger partial charge in [-0.2, -0.15) is 5.10 Å². The van der Waals surface area contributed by atoms with Crippen LogP contribution in [-0.2, 0) is 11.4 Å². The number of carbonyl (C=O) groups is 1. The van der Waals surface area contributed by atoms with Crippen LogP contribution in [0.3, 0.4) is 0 Å². The zero-order chi connectivity index (χ0) is 22.2. The molecule has 0 saturated carbocycles. The summed E-state index contributed by atoms with van der Waals surface area (Å²) < 4.78 is 6.51. The third-order valence-corrected chi connectivity index (χ3v) is 6.29. The smallest absolute Gasteiger partial charge is 0.250 e. The van der Waals surface area contributed by atoms with Gasteiger partial charge in [-0.05, 0) is 75.6 Å². The van der Waals surface area contributed by atoms with Gasteiger partial charge in [-0.1, -0.05) is 46.9 Å². The minimum absolute atomic E-state index is 0.218. The summed E-state index contributed by atoms with van der Waals surface area (Å²) in [6, 6.07) is 18.2. The average molecular weight is 559 g/mol. The molecule has 1 amide bonds. The molecule has 0 aliphatic heterocycles. The number of nitrogens with zero attached hydrogens (tertiary/aromatic N) is 1. The van der Waals surface area contributed by atoms with Crippen molar-refractivity contribution in [3.8, 4) is 5.75 Å². The minimum Gasteiger partial charge on any atom is -0.486 e. The van der Waals surface area contributed by atoms with Gasteiger partial charge in [0.15, 0.2) is 5.75 Å². The number of carbonyl (C=O) groups excluding carboxylic acids is 1. The van der Waals surface area contributed by atoms with Crippen molar-refractivity contribution in [1.82, 2.24) is 5.43 Å². The highest BCUT2D eigenvalue weighted by atomic mass is 79.9. The molecular weight excluding hydrogens is 543 g/mol. The third kappa shape index (κ3) is 7.74. The van der Waals surface area contributed by atoms with Gasteiger partial charge in [0.25, 0.3) is 0 Å². The molecule has 31 heavy (non-hydrogen) atoms. The zero-order valence-electron chi connectivity index (χ0n) is 15.9. The molecule has 0 radical (unpaired) electrons. The van der Waals surface area contributed by atoms with E-state index in [-0.39, 0.29) is 11.7 Å². The van der Waals surface area contributed by atoms with Crippen LogP contribution in [0.4, 0.5) is 0 Å². The lowest BCUT2D eigenvalue weighted by atomic mass is 10.2. The number of ether oxygens (including phenoxy) is 1.